The Hall–Kier alpha value is -1.42. The summed E-state index contributed by atoms with van der Waals surface area (Å²) >= 11 is 0. The van der Waals surface area contributed by atoms with Crippen molar-refractivity contribution in [2.24, 2.45) is 0 Å². The normalized spacial score (nSPS) is 18.9. The average Bonchev–Trinajstić information content (AvgIpc) is 2.75. The Labute approximate surface area is 126 Å². The lowest BCUT2D eigenvalue weighted by molar-refractivity contribution is -0.133. The number of hydrogen-bond acceptors (Lipinski definition) is 2. The number of hydrogen-bond donors (Lipinski definition) is 1. The molecule has 0 radical (unpaired) electrons. The Kier molecular flexibility index (Phi) is 5.74. The fourth-order valence-electron chi connectivity index (χ4n) is 2.88. The Morgan fingerprint density at radius 3 is 2.48 bits per heavy atom. The van der Waals surface area contributed by atoms with Crippen LogP contribution in [0.5, 0.6) is 0 Å². The highest BCUT2D eigenvalue weighted by molar-refractivity contribution is 5.81. The molecule has 1 aromatic carbocycles. The second-order valence-corrected chi connectivity index (χ2v) is 5.90. The highest BCUT2D eigenvalue weighted by Crippen LogP contribution is 2.16. The van der Waals surface area contributed by atoms with Gasteiger partial charge < -0.3 is 4.90 Å². The van der Waals surface area contributed by atoms with Crippen LogP contribution in [-0.2, 0) is 4.79 Å². The number of nitrogens with one attached hydrogen (secondary N) is 1. The Bertz CT molecular complexity index is 470. The lowest BCUT2D eigenvalue weighted by Crippen LogP contribution is -2.45. The second-order valence-electron chi connectivity index (χ2n) is 5.90. The summed E-state index contributed by atoms with van der Waals surface area (Å²) in [7, 11) is 0. The summed E-state index contributed by atoms with van der Waals surface area (Å²) in [5, 5.41) is 3.28. The van der Waals surface area contributed by atoms with Crippen LogP contribution in [0.15, 0.2) is 24.3 Å². The fourth-order valence-corrected chi connectivity index (χ4v) is 2.88. The molecule has 0 saturated carbocycles. The van der Waals surface area contributed by atoms with Crippen molar-refractivity contribution in [3.8, 4) is 0 Å². The number of benzene rings is 1. The molecule has 0 spiro atoms. The highest BCUT2D eigenvalue weighted by atomic mass is 19.1. The first-order valence-corrected chi connectivity index (χ1v) is 7.88. The van der Waals surface area contributed by atoms with Gasteiger partial charge in [0.2, 0.25) is 5.91 Å². The van der Waals surface area contributed by atoms with Crippen LogP contribution in [0.3, 0.4) is 0 Å². The van der Waals surface area contributed by atoms with Gasteiger partial charge in [-0.25, -0.2) is 4.39 Å². The largest absolute Gasteiger partial charge is 0.341 e. The van der Waals surface area contributed by atoms with E-state index in [1.807, 2.05) is 24.8 Å². The van der Waals surface area contributed by atoms with Crippen molar-refractivity contribution in [2.75, 3.05) is 13.1 Å². The van der Waals surface area contributed by atoms with Gasteiger partial charge >= 0.3 is 0 Å². The van der Waals surface area contributed by atoms with Gasteiger partial charge in [-0.15, -0.1) is 0 Å². The SMILES string of the molecule is CC(NC(C)c1cccc(F)c1)C(=O)N1CCCCCC1. The van der Waals surface area contributed by atoms with E-state index in [0.717, 1.165) is 31.5 Å². The molecular weight excluding hydrogens is 267 g/mol. The maximum Gasteiger partial charge on any atom is 0.239 e. The Morgan fingerprint density at radius 2 is 1.86 bits per heavy atom. The van der Waals surface area contributed by atoms with Gasteiger partial charge in [-0.2, -0.15) is 0 Å². The van der Waals surface area contributed by atoms with Crippen LogP contribution in [0.4, 0.5) is 4.39 Å². The summed E-state index contributed by atoms with van der Waals surface area (Å²) < 4.78 is 13.3. The van der Waals surface area contributed by atoms with E-state index in [4.69, 9.17) is 0 Å². The summed E-state index contributed by atoms with van der Waals surface area (Å²) in [6.07, 6.45) is 4.62. The van der Waals surface area contributed by atoms with E-state index in [0.29, 0.717) is 0 Å². The quantitative estimate of drug-likeness (QED) is 0.923. The van der Waals surface area contributed by atoms with Gasteiger partial charge in [-0.3, -0.25) is 10.1 Å². The molecule has 1 N–H and O–H groups in total. The van der Waals surface area contributed by atoms with Crippen LogP contribution in [0.2, 0.25) is 0 Å². The molecule has 0 bridgehead atoms. The fraction of sp³-hybridized carbons (Fsp3) is 0.588. The summed E-state index contributed by atoms with van der Waals surface area (Å²) in [6.45, 7) is 5.57. The van der Waals surface area contributed by atoms with Crippen molar-refractivity contribution in [3.05, 3.63) is 35.6 Å². The van der Waals surface area contributed by atoms with Crippen molar-refractivity contribution in [1.82, 2.24) is 10.2 Å². The third-order valence-electron chi connectivity index (χ3n) is 4.14. The minimum Gasteiger partial charge on any atom is -0.341 e. The monoisotopic (exact) mass is 292 g/mol. The average molecular weight is 292 g/mol. The second kappa shape index (κ2) is 7.55. The van der Waals surface area contributed by atoms with E-state index >= 15 is 0 Å². The van der Waals surface area contributed by atoms with Gasteiger partial charge in [0.1, 0.15) is 5.82 Å². The lowest BCUT2D eigenvalue weighted by Gasteiger charge is -2.27. The van der Waals surface area contributed by atoms with Crippen molar-refractivity contribution in [2.45, 2.75) is 51.6 Å². The van der Waals surface area contributed by atoms with E-state index in [9.17, 15) is 9.18 Å². The first kappa shape index (κ1) is 16.0. The standard InChI is InChI=1S/C17H25FN2O/c1-13(15-8-7-9-16(18)12-15)19-14(2)17(21)20-10-5-3-4-6-11-20/h7-9,12-14,19H,3-6,10-11H2,1-2H3. The Morgan fingerprint density at radius 1 is 1.19 bits per heavy atom. The predicted octanol–water partition coefficient (Wildman–Crippen LogP) is 3.27. The molecule has 4 heteroatoms. The zero-order valence-electron chi connectivity index (χ0n) is 12.9. The molecule has 1 saturated heterocycles. The van der Waals surface area contributed by atoms with Gasteiger partial charge in [-0.1, -0.05) is 25.0 Å². The molecule has 0 aromatic heterocycles. The summed E-state index contributed by atoms with van der Waals surface area (Å²) in [5.74, 6) is -0.0900. The molecule has 1 aliphatic rings. The van der Waals surface area contributed by atoms with E-state index in [2.05, 4.69) is 5.32 Å². The third kappa shape index (κ3) is 4.53. The number of likely N-dealkylation sites (tertiary alicyclic amines) is 1. The molecule has 3 nitrogen and oxygen atoms in total. The summed E-state index contributed by atoms with van der Waals surface area (Å²) in [5.41, 5.74) is 0.866. The first-order valence-electron chi connectivity index (χ1n) is 7.88. The number of rotatable bonds is 4. The van der Waals surface area contributed by atoms with E-state index < -0.39 is 0 Å². The molecule has 0 aliphatic carbocycles. The van der Waals surface area contributed by atoms with Crippen LogP contribution in [0, 0.1) is 5.82 Å². The van der Waals surface area contributed by atoms with Gasteiger partial charge in [-0.05, 0) is 44.4 Å². The zero-order chi connectivity index (χ0) is 15.2. The van der Waals surface area contributed by atoms with Gasteiger partial charge in [0.15, 0.2) is 0 Å². The molecular formula is C17H25FN2O. The molecule has 2 unspecified atom stereocenters. The van der Waals surface area contributed by atoms with Crippen molar-refractivity contribution < 1.29 is 9.18 Å². The number of nitrogens with zero attached hydrogens (tertiary/aromatic N) is 1. The van der Waals surface area contributed by atoms with Crippen LogP contribution < -0.4 is 5.32 Å². The van der Waals surface area contributed by atoms with E-state index in [1.165, 1.54) is 25.0 Å². The molecule has 1 aliphatic heterocycles. The number of carbonyl (C=O) groups is 1. The Balaban J connectivity index is 1.93. The molecule has 1 amide bonds. The first-order chi connectivity index (χ1) is 10.1. The summed E-state index contributed by atoms with van der Waals surface area (Å²) in [4.78, 5) is 14.4. The molecule has 1 fully saturated rings. The number of amides is 1. The topological polar surface area (TPSA) is 32.3 Å². The van der Waals surface area contributed by atoms with Gasteiger partial charge in [0, 0.05) is 19.1 Å². The van der Waals surface area contributed by atoms with Crippen LogP contribution in [-0.4, -0.2) is 29.9 Å². The summed E-state index contributed by atoms with van der Waals surface area (Å²) in [6, 6.07) is 6.23. The van der Waals surface area contributed by atoms with Crippen molar-refractivity contribution in [3.63, 3.8) is 0 Å². The maximum atomic E-state index is 13.3. The molecule has 116 valence electrons. The molecule has 21 heavy (non-hydrogen) atoms. The van der Waals surface area contributed by atoms with Gasteiger partial charge in [0.05, 0.1) is 6.04 Å². The smallest absolute Gasteiger partial charge is 0.239 e. The minimum absolute atomic E-state index is 0.0494. The van der Waals surface area contributed by atoms with Crippen LogP contribution in [0.25, 0.3) is 0 Å². The maximum absolute atomic E-state index is 13.3. The highest BCUT2D eigenvalue weighted by Gasteiger charge is 2.22. The van der Waals surface area contributed by atoms with E-state index in [-0.39, 0.29) is 23.8 Å². The predicted molar refractivity (Wildman–Crippen MR) is 82.5 cm³/mol. The zero-order valence-corrected chi connectivity index (χ0v) is 12.9. The van der Waals surface area contributed by atoms with Crippen LogP contribution in [0.1, 0.15) is 51.1 Å². The number of halogens is 1. The molecule has 1 aromatic rings. The van der Waals surface area contributed by atoms with Crippen LogP contribution >= 0.6 is 0 Å². The minimum atomic E-state index is -0.249. The molecule has 2 atom stereocenters. The van der Waals surface area contributed by atoms with Gasteiger partial charge in [0.25, 0.3) is 0 Å². The number of carbonyl (C=O) groups excluding carboxylic acids is 1. The molecule has 2 rings (SSSR count). The molecule has 1 heterocycles. The third-order valence-corrected chi connectivity index (χ3v) is 4.14. The van der Waals surface area contributed by atoms with Crippen molar-refractivity contribution >= 4 is 5.91 Å². The lowest BCUT2D eigenvalue weighted by atomic mass is 10.1. The van der Waals surface area contributed by atoms with E-state index in [1.54, 1.807) is 6.07 Å². The van der Waals surface area contributed by atoms with Crippen molar-refractivity contribution in [1.29, 1.82) is 0 Å².